The van der Waals surface area contributed by atoms with Crippen molar-refractivity contribution in [3.8, 4) is 11.5 Å². The first-order chi connectivity index (χ1) is 13.7. The van der Waals surface area contributed by atoms with Crippen LogP contribution in [0, 0.1) is 5.92 Å². The Balaban J connectivity index is 0.00000300. The van der Waals surface area contributed by atoms with E-state index < -0.39 is 0 Å². The Hall–Kier alpha value is -1.22. The summed E-state index contributed by atoms with van der Waals surface area (Å²) in [7, 11) is 5.54. The lowest BCUT2D eigenvalue weighted by Gasteiger charge is -2.22. The molecule has 0 bridgehead atoms. The smallest absolute Gasteiger partial charge is 0.193 e. The van der Waals surface area contributed by atoms with Crippen LogP contribution in [0.4, 0.5) is 0 Å². The molecule has 0 heterocycles. The van der Waals surface area contributed by atoms with Crippen molar-refractivity contribution in [1.82, 2.24) is 10.2 Å². The number of nitrogens with one attached hydrogen (secondary N) is 1. The zero-order valence-electron chi connectivity index (χ0n) is 18.0. The molecule has 2 saturated carbocycles. The Morgan fingerprint density at radius 3 is 2.59 bits per heavy atom. The highest BCUT2D eigenvalue weighted by Crippen LogP contribution is 2.32. The van der Waals surface area contributed by atoms with Crippen LogP contribution >= 0.6 is 24.0 Å². The van der Waals surface area contributed by atoms with Crippen LogP contribution in [0.5, 0.6) is 11.5 Å². The first-order valence-electron chi connectivity index (χ1n) is 10.5. The van der Waals surface area contributed by atoms with Crippen molar-refractivity contribution < 1.29 is 14.2 Å². The molecule has 0 atom stereocenters. The van der Waals surface area contributed by atoms with E-state index in [1.54, 1.807) is 7.11 Å². The zero-order valence-corrected chi connectivity index (χ0v) is 20.3. The molecule has 0 aromatic heterocycles. The number of benzene rings is 1. The molecule has 2 fully saturated rings. The Kier molecular flexibility index (Phi) is 10.3. The summed E-state index contributed by atoms with van der Waals surface area (Å²) in [6, 6.07) is 6.15. The van der Waals surface area contributed by atoms with E-state index in [0.29, 0.717) is 12.6 Å². The largest absolute Gasteiger partial charge is 0.493 e. The van der Waals surface area contributed by atoms with Gasteiger partial charge < -0.3 is 24.4 Å². The highest BCUT2D eigenvalue weighted by atomic mass is 127. The number of aliphatic imine (C=N–C) groups is 1. The number of guanidine groups is 1. The van der Waals surface area contributed by atoms with Crippen LogP contribution in [0.25, 0.3) is 0 Å². The van der Waals surface area contributed by atoms with Crippen molar-refractivity contribution >= 4 is 29.9 Å². The van der Waals surface area contributed by atoms with E-state index >= 15 is 0 Å². The predicted molar refractivity (Wildman–Crippen MR) is 128 cm³/mol. The molecule has 164 valence electrons. The van der Waals surface area contributed by atoms with Gasteiger partial charge in [0.1, 0.15) is 0 Å². The summed E-state index contributed by atoms with van der Waals surface area (Å²) in [6.45, 7) is 3.13. The van der Waals surface area contributed by atoms with E-state index in [4.69, 9.17) is 14.2 Å². The van der Waals surface area contributed by atoms with E-state index in [1.165, 1.54) is 25.7 Å². The predicted octanol–water partition coefficient (Wildman–Crippen LogP) is 4.07. The quantitative estimate of drug-likeness (QED) is 0.220. The van der Waals surface area contributed by atoms with Crippen molar-refractivity contribution in [3.63, 3.8) is 0 Å². The van der Waals surface area contributed by atoms with Crippen molar-refractivity contribution in [2.75, 3.05) is 41.0 Å². The fourth-order valence-corrected chi connectivity index (χ4v) is 3.51. The fourth-order valence-electron chi connectivity index (χ4n) is 3.51. The summed E-state index contributed by atoms with van der Waals surface area (Å²) in [5.74, 6) is 3.30. The summed E-state index contributed by atoms with van der Waals surface area (Å²) in [5, 5.41) is 3.42. The molecule has 0 unspecified atom stereocenters. The van der Waals surface area contributed by atoms with Gasteiger partial charge in [0.25, 0.3) is 0 Å². The van der Waals surface area contributed by atoms with Gasteiger partial charge in [0, 0.05) is 33.8 Å². The van der Waals surface area contributed by atoms with Crippen molar-refractivity contribution in [2.45, 2.75) is 51.2 Å². The fraction of sp³-hybridized carbons (Fsp3) is 0.682. The number of nitrogens with zero attached hydrogens (tertiary/aromatic N) is 2. The topological polar surface area (TPSA) is 55.3 Å². The minimum absolute atomic E-state index is 0. The van der Waals surface area contributed by atoms with Crippen LogP contribution in [0.15, 0.2) is 23.2 Å². The van der Waals surface area contributed by atoms with Gasteiger partial charge in [-0.25, -0.2) is 0 Å². The summed E-state index contributed by atoms with van der Waals surface area (Å²) in [4.78, 5) is 6.48. The van der Waals surface area contributed by atoms with Gasteiger partial charge >= 0.3 is 0 Å². The number of ether oxygens (including phenoxy) is 3. The number of methoxy groups -OCH3 is 1. The number of hydrogen-bond acceptors (Lipinski definition) is 4. The summed E-state index contributed by atoms with van der Waals surface area (Å²) in [6.07, 6.45) is 7.77. The zero-order chi connectivity index (χ0) is 19.8. The molecule has 2 aliphatic rings. The summed E-state index contributed by atoms with van der Waals surface area (Å²) in [5.41, 5.74) is 1.13. The highest BCUT2D eigenvalue weighted by Gasteiger charge is 2.21. The lowest BCUT2D eigenvalue weighted by Crippen LogP contribution is -2.40. The van der Waals surface area contributed by atoms with Gasteiger partial charge in [-0.15, -0.1) is 24.0 Å². The van der Waals surface area contributed by atoms with Crippen LogP contribution in [0.2, 0.25) is 0 Å². The molecule has 0 radical (unpaired) electrons. The molecule has 1 N–H and O–H groups in total. The molecule has 6 nitrogen and oxygen atoms in total. The number of likely N-dealkylation sites (N-methyl/N-ethyl adjacent to an activating group) is 1. The summed E-state index contributed by atoms with van der Waals surface area (Å²) >= 11 is 0. The SMILES string of the molecule is CN=C(NCc1ccc(OC2CCCC2)c(OC)c1)N(C)CCOCC1CC1.I. The second kappa shape index (κ2) is 12.5. The van der Waals surface area contributed by atoms with Gasteiger partial charge in [0.15, 0.2) is 17.5 Å². The molecule has 2 aliphatic carbocycles. The highest BCUT2D eigenvalue weighted by molar-refractivity contribution is 14.0. The van der Waals surface area contributed by atoms with Crippen LogP contribution in [0.3, 0.4) is 0 Å². The molecule has 0 aliphatic heterocycles. The van der Waals surface area contributed by atoms with Gasteiger partial charge in [-0.1, -0.05) is 6.07 Å². The van der Waals surface area contributed by atoms with E-state index in [-0.39, 0.29) is 24.0 Å². The molecule has 0 saturated heterocycles. The second-order valence-electron chi connectivity index (χ2n) is 7.85. The molecule has 0 spiro atoms. The van der Waals surface area contributed by atoms with E-state index in [9.17, 15) is 0 Å². The summed E-state index contributed by atoms with van der Waals surface area (Å²) < 4.78 is 17.4. The third-order valence-electron chi connectivity index (χ3n) is 5.47. The Morgan fingerprint density at radius 2 is 1.93 bits per heavy atom. The lowest BCUT2D eigenvalue weighted by atomic mass is 10.2. The minimum atomic E-state index is 0. The first kappa shape index (κ1) is 24.1. The van der Waals surface area contributed by atoms with Crippen LogP contribution in [0.1, 0.15) is 44.1 Å². The van der Waals surface area contributed by atoms with Crippen molar-refractivity contribution in [2.24, 2.45) is 10.9 Å². The van der Waals surface area contributed by atoms with Crippen LogP contribution < -0.4 is 14.8 Å². The second-order valence-corrected chi connectivity index (χ2v) is 7.85. The van der Waals surface area contributed by atoms with Crippen molar-refractivity contribution in [1.29, 1.82) is 0 Å². The Labute approximate surface area is 192 Å². The standard InChI is InChI=1S/C22H35N3O3.HI/c1-23-22(25(2)12-13-27-16-17-8-9-17)24-15-18-10-11-20(21(14-18)26-3)28-19-6-4-5-7-19;/h10-11,14,17,19H,4-9,12-13,15-16H2,1-3H3,(H,23,24);1H. The van der Waals surface area contributed by atoms with Crippen LogP contribution in [-0.2, 0) is 11.3 Å². The van der Waals surface area contributed by atoms with Gasteiger partial charge in [-0.05, 0) is 62.1 Å². The monoisotopic (exact) mass is 517 g/mol. The average molecular weight is 517 g/mol. The van der Waals surface area contributed by atoms with Crippen LogP contribution in [-0.4, -0.2) is 57.9 Å². The maximum Gasteiger partial charge on any atom is 0.193 e. The van der Waals surface area contributed by atoms with Gasteiger partial charge in [-0.3, -0.25) is 4.99 Å². The number of hydrogen-bond donors (Lipinski definition) is 1. The molecule has 0 amide bonds. The van der Waals surface area contributed by atoms with Gasteiger partial charge in [0.05, 0.1) is 19.8 Å². The average Bonchev–Trinajstić information content (AvgIpc) is 3.40. The van der Waals surface area contributed by atoms with E-state index in [2.05, 4.69) is 21.3 Å². The van der Waals surface area contributed by atoms with Gasteiger partial charge in [0.2, 0.25) is 0 Å². The molecule has 7 heteroatoms. The lowest BCUT2D eigenvalue weighted by molar-refractivity contribution is 0.115. The Morgan fingerprint density at radius 1 is 1.17 bits per heavy atom. The molecular formula is C22H36IN3O3. The molecule has 1 aromatic rings. The molecular weight excluding hydrogens is 481 g/mol. The van der Waals surface area contributed by atoms with E-state index in [0.717, 1.165) is 61.5 Å². The van der Waals surface area contributed by atoms with Crippen molar-refractivity contribution in [3.05, 3.63) is 23.8 Å². The first-order valence-corrected chi connectivity index (χ1v) is 10.5. The van der Waals surface area contributed by atoms with E-state index in [1.807, 2.05) is 26.2 Å². The molecule has 1 aromatic carbocycles. The van der Waals surface area contributed by atoms with Gasteiger partial charge in [-0.2, -0.15) is 0 Å². The third-order valence-corrected chi connectivity index (χ3v) is 5.47. The maximum atomic E-state index is 6.12. The maximum absolute atomic E-state index is 6.12. The molecule has 3 rings (SSSR count). The number of rotatable bonds is 10. The Bertz CT molecular complexity index is 646. The minimum Gasteiger partial charge on any atom is -0.493 e. The molecule has 29 heavy (non-hydrogen) atoms. The third kappa shape index (κ3) is 7.85. The number of halogens is 1. The normalized spacial score (nSPS) is 17.0.